The van der Waals surface area contributed by atoms with E-state index < -0.39 is 0 Å². The van der Waals surface area contributed by atoms with Crippen molar-refractivity contribution < 1.29 is 4.74 Å². The molecule has 0 saturated carbocycles. The van der Waals surface area contributed by atoms with E-state index in [1.165, 1.54) is 5.69 Å². The summed E-state index contributed by atoms with van der Waals surface area (Å²) in [7, 11) is 0. The minimum Gasteiger partial charge on any atom is -0.381 e. The van der Waals surface area contributed by atoms with Crippen LogP contribution >= 0.6 is 0 Å². The predicted molar refractivity (Wildman–Crippen MR) is 56.2 cm³/mol. The Hall–Kier alpha value is -1.03. The number of H-pyrrole nitrogens is 1. The molecule has 2 heterocycles. The van der Waals surface area contributed by atoms with Crippen LogP contribution in [0.2, 0.25) is 0 Å². The molecule has 0 amide bonds. The third-order valence-electron chi connectivity index (χ3n) is 3.51. The van der Waals surface area contributed by atoms with Crippen molar-refractivity contribution in [3.63, 3.8) is 0 Å². The second-order valence-corrected chi connectivity index (χ2v) is 4.44. The summed E-state index contributed by atoms with van der Waals surface area (Å²) in [6.07, 6.45) is 5.05. The Bertz CT molecular complexity index is 413. The van der Waals surface area contributed by atoms with Gasteiger partial charge in [-0.2, -0.15) is 0 Å². The lowest BCUT2D eigenvalue weighted by molar-refractivity contribution is 0.0652. The van der Waals surface area contributed by atoms with Crippen LogP contribution in [0.5, 0.6) is 0 Å². The van der Waals surface area contributed by atoms with E-state index in [-0.39, 0.29) is 5.56 Å². The summed E-state index contributed by atoms with van der Waals surface area (Å²) in [5, 5.41) is 3.28. The zero-order chi connectivity index (χ0) is 10.3. The average Bonchev–Trinajstić information content (AvgIpc) is 2.83. The van der Waals surface area contributed by atoms with Crippen molar-refractivity contribution in [3.05, 3.63) is 21.6 Å². The topological polar surface area (TPSA) is 47.0 Å². The average molecular weight is 208 g/mol. The van der Waals surface area contributed by atoms with Gasteiger partial charge in [0.25, 0.3) is 5.56 Å². The highest BCUT2D eigenvalue weighted by Gasteiger charge is 2.24. The van der Waals surface area contributed by atoms with E-state index in [1.54, 1.807) is 0 Å². The largest absolute Gasteiger partial charge is 0.381 e. The quantitative estimate of drug-likeness (QED) is 0.749. The number of nitrogens with one attached hydrogen (secondary N) is 1. The van der Waals surface area contributed by atoms with E-state index in [4.69, 9.17) is 4.74 Å². The third kappa shape index (κ3) is 1.44. The smallest absolute Gasteiger partial charge is 0.270 e. The number of aromatic nitrogens is 2. The number of hydrogen-bond acceptors (Lipinski definition) is 2. The summed E-state index contributed by atoms with van der Waals surface area (Å²) in [6.45, 7) is 1.56. The highest BCUT2D eigenvalue weighted by atomic mass is 16.5. The zero-order valence-electron chi connectivity index (χ0n) is 8.79. The lowest BCUT2D eigenvalue weighted by atomic mass is 10.1. The van der Waals surface area contributed by atoms with Crippen LogP contribution in [0.15, 0.2) is 4.79 Å². The van der Waals surface area contributed by atoms with E-state index in [2.05, 4.69) is 5.10 Å². The first-order valence-corrected chi connectivity index (χ1v) is 5.76. The Labute approximate surface area is 88.2 Å². The van der Waals surface area contributed by atoms with Crippen LogP contribution in [0, 0.1) is 0 Å². The van der Waals surface area contributed by atoms with Gasteiger partial charge in [0.15, 0.2) is 0 Å². The molecular weight excluding hydrogens is 192 g/mol. The number of aromatic amines is 1. The molecule has 15 heavy (non-hydrogen) atoms. The fourth-order valence-corrected chi connectivity index (χ4v) is 2.65. The summed E-state index contributed by atoms with van der Waals surface area (Å²) in [4.78, 5) is 12.1. The highest BCUT2D eigenvalue weighted by Crippen LogP contribution is 2.22. The molecule has 0 atom stereocenters. The minimum absolute atomic E-state index is 0.217. The second kappa shape index (κ2) is 3.52. The molecule has 1 fully saturated rings. The zero-order valence-corrected chi connectivity index (χ0v) is 8.79. The molecule has 0 unspecified atom stereocenters. The number of hydrogen-bond donors (Lipinski definition) is 1. The molecule has 4 heteroatoms. The summed E-state index contributed by atoms with van der Waals surface area (Å²) in [5.74, 6) is 0. The van der Waals surface area contributed by atoms with Crippen LogP contribution in [0.1, 0.15) is 36.6 Å². The van der Waals surface area contributed by atoms with E-state index in [1.807, 2.05) is 4.68 Å². The Morgan fingerprint density at radius 3 is 2.80 bits per heavy atom. The standard InChI is InChI=1S/C11H16N2O2/c14-11-9-2-1-3-10(9)12-13(11)8-4-6-15-7-5-8/h8,12H,1-7H2. The predicted octanol–water partition coefficient (Wildman–Crippen LogP) is 1.02. The maximum absolute atomic E-state index is 12.1. The van der Waals surface area contributed by atoms with Gasteiger partial charge in [0.05, 0.1) is 6.04 Å². The molecule has 1 saturated heterocycles. The van der Waals surface area contributed by atoms with Crippen molar-refractivity contribution in [1.29, 1.82) is 0 Å². The number of rotatable bonds is 1. The number of nitrogens with zero attached hydrogens (tertiary/aromatic N) is 1. The van der Waals surface area contributed by atoms with Crippen LogP contribution in [0.4, 0.5) is 0 Å². The molecule has 0 radical (unpaired) electrons. The van der Waals surface area contributed by atoms with Gasteiger partial charge in [-0.25, -0.2) is 4.68 Å². The first kappa shape index (κ1) is 9.21. The molecule has 0 aromatic carbocycles. The van der Waals surface area contributed by atoms with Crippen LogP contribution in [0.3, 0.4) is 0 Å². The molecule has 1 aromatic rings. The molecule has 3 rings (SSSR count). The molecule has 4 nitrogen and oxygen atoms in total. The lowest BCUT2D eigenvalue weighted by Gasteiger charge is -2.22. The fraction of sp³-hybridized carbons (Fsp3) is 0.727. The maximum atomic E-state index is 12.1. The molecular formula is C11H16N2O2. The minimum atomic E-state index is 0.217. The van der Waals surface area contributed by atoms with Gasteiger partial charge in [-0.05, 0) is 32.1 Å². The van der Waals surface area contributed by atoms with E-state index >= 15 is 0 Å². The summed E-state index contributed by atoms with van der Waals surface area (Å²) >= 11 is 0. The van der Waals surface area contributed by atoms with Gasteiger partial charge in [0.1, 0.15) is 0 Å². The van der Waals surface area contributed by atoms with Gasteiger partial charge in [0.2, 0.25) is 0 Å². The fourth-order valence-electron chi connectivity index (χ4n) is 2.65. The molecule has 1 N–H and O–H groups in total. The second-order valence-electron chi connectivity index (χ2n) is 4.44. The van der Waals surface area contributed by atoms with Crippen LogP contribution in [-0.4, -0.2) is 23.0 Å². The van der Waals surface area contributed by atoms with Crippen LogP contribution < -0.4 is 5.56 Å². The first-order chi connectivity index (χ1) is 7.36. The number of ether oxygens (including phenoxy) is 1. The number of fused-ring (bicyclic) bond motifs is 1. The molecule has 1 aromatic heterocycles. The highest BCUT2D eigenvalue weighted by molar-refractivity contribution is 5.22. The van der Waals surface area contributed by atoms with Crippen molar-refractivity contribution >= 4 is 0 Å². The van der Waals surface area contributed by atoms with Gasteiger partial charge in [-0.15, -0.1) is 0 Å². The van der Waals surface area contributed by atoms with Gasteiger partial charge in [-0.3, -0.25) is 9.89 Å². The van der Waals surface area contributed by atoms with Gasteiger partial charge in [0, 0.05) is 24.5 Å². The van der Waals surface area contributed by atoms with Crippen molar-refractivity contribution in [1.82, 2.24) is 9.78 Å². The molecule has 1 aliphatic carbocycles. The number of aryl methyl sites for hydroxylation is 1. The van der Waals surface area contributed by atoms with Crippen molar-refractivity contribution in [3.8, 4) is 0 Å². The van der Waals surface area contributed by atoms with E-state index in [0.29, 0.717) is 6.04 Å². The molecule has 1 aliphatic heterocycles. The monoisotopic (exact) mass is 208 g/mol. The first-order valence-electron chi connectivity index (χ1n) is 5.76. The normalized spacial score (nSPS) is 21.9. The lowest BCUT2D eigenvalue weighted by Crippen LogP contribution is -2.28. The Morgan fingerprint density at radius 1 is 1.27 bits per heavy atom. The van der Waals surface area contributed by atoms with Crippen molar-refractivity contribution in [2.75, 3.05) is 13.2 Å². The van der Waals surface area contributed by atoms with E-state index in [9.17, 15) is 4.79 Å². The third-order valence-corrected chi connectivity index (χ3v) is 3.51. The Balaban J connectivity index is 1.95. The molecule has 82 valence electrons. The van der Waals surface area contributed by atoms with Crippen LogP contribution in [-0.2, 0) is 17.6 Å². The maximum Gasteiger partial charge on any atom is 0.270 e. The van der Waals surface area contributed by atoms with Crippen molar-refractivity contribution in [2.24, 2.45) is 0 Å². The van der Waals surface area contributed by atoms with Gasteiger partial charge < -0.3 is 4.74 Å². The molecule has 2 aliphatic rings. The van der Waals surface area contributed by atoms with Crippen molar-refractivity contribution in [2.45, 2.75) is 38.1 Å². The van der Waals surface area contributed by atoms with Gasteiger partial charge in [-0.1, -0.05) is 0 Å². The van der Waals surface area contributed by atoms with E-state index in [0.717, 1.165) is 50.9 Å². The van der Waals surface area contributed by atoms with Gasteiger partial charge >= 0.3 is 0 Å². The summed E-state index contributed by atoms with van der Waals surface area (Å²) in [5.41, 5.74) is 2.42. The van der Waals surface area contributed by atoms with Crippen LogP contribution in [0.25, 0.3) is 0 Å². The SMILES string of the molecule is O=c1c2c([nH]n1C1CCOCC1)CCC2. The molecule has 0 bridgehead atoms. The Kier molecular flexibility index (Phi) is 2.16. The molecule has 0 spiro atoms. The summed E-state index contributed by atoms with van der Waals surface area (Å²) < 4.78 is 7.15. The summed E-state index contributed by atoms with van der Waals surface area (Å²) in [6, 6.07) is 0.330. The Morgan fingerprint density at radius 2 is 2.07 bits per heavy atom.